The predicted molar refractivity (Wildman–Crippen MR) is 92.2 cm³/mol. The van der Waals surface area contributed by atoms with Gasteiger partial charge in [0.2, 0.25) is 0 Å². The second-order valence-electron chi connectivity index (χ2n) is 5.43. The van der Waals surface area contributed by atoms with Crippen molar-refractivity contribution in [2.45, 2.75) is 33.0 Å². The molecule has 0 heterocycles. The Labute approximate surface area is 137 Å². The van der Waals surface area contributed by atoms with Crippen LogP contribution in [0.4, 0.5) is 5.69 Å². The Balaban J connectivity index is 1.90. The second-order valence-corrected chi connectivity index (χ2v) is 5.86. The summed E-state index contributed by atoms with van der Waals surface area (Å²) in [4.78, 5) is 0. The quantitative estimate of drug-likeness (QED) is 0.778. The van der Waals surface area contributed by atoms with E-state index in [0.717, 1.165) is 17.2 Å². The molecule has 0 bridgehead atoms. The van der Waals surface area contributed by atoms with Crippen LogP contribution >= 0.6 is 11.6 Å². The van der Waals surface area contributed by atoms with Crippen molar-refractivity contribution in [3.8, 4) is 11.5 Å². The van der Waals surface area contributed by atoms with Crippen molar-refractivity contribution in [2.75, 3.05) is 11.9 Å². The van der Waals surface area contributed by atoms with Crippen LogP contribution in [0.2, 0.25) is 5.02 Å². The van der Waals surface area contributed by atoms with Crippen molar-refractivity contribution < 1.29 is 9.47 Å². The zero-order valence-corrected chi connectivity index (χ0v) is 13.9. The highest BCUT2D eigenvalue weighted by Gasteiger charge is 2.08. The van der Waals surface area contributed by atoms with E-state index in [1.54, 1.807) is 0 Å². The number of halogens is 1. The first-order valence-corrected chi connectivity index (χ1v) is 7.84. The molecule has 3 nitrogen and oxygen atoms in total. The molecule has 4 heteroatoms. The fourth-order valence-corrected chi connectivity index (χ4v) is 2.14. The van der Waals surface area contributed by atoms with Gasteiger partial charge in [-0.2, -0.15) is 0 Å². The van der Waals surface area contributed by atoms with Gasteiger partial charge in [-0.3, -0.25) is 0 Å². The van der Waals surface area contributed by atoms with Crippen molar-refractivity contribution in [3.63, 3.8) is 0 Å². The maximum Gasteiger partial charge on any atom is 0.142 e. The molecule has 0 fully saturated rings. The van der Waals surface area contributed by atoms with E-state index < -0.39 is 0 Å². The minimum Gasteiger partial charge on any atom is -0.489 e. The van der Waals surface area contributed by atoms with Gasteiger partial charge in [-0.05, 0) is 57.2 Å². The number of hydrogen-bond donors (Lipinski definition) is 1. The van der Waals surface area contributed by atoms with Gasteiger partial charge in [-0.15, -0.1) is 0 Å². The van der Waals surface area contributed by atoms with E-state index in [4.69, 9.17) is 21.1 Å². The Morgan fingerprint density at radius 2 is 1.64 bits per heavy atom. The van der Waals surface area contributed by atoms with Crippen LogP contribution in [0.15, 0.2) is 48.5 Å². The van der Waals surface area contributed by atoms with Crippen LogP contribution in [-0.2, 0) is 0 Å². The summed E-state index contributed by atoms with van der Waals surface area (Å²) < 4.78 is 11.6. The third-order valence-electron chi connectivity index (χ3n) is 2.98. The van der Waals surface area contributed by atoms with Gasteiger partial charge in [-0.1, -0.05) is 23.7 Å². The number of anilines is 1. The molecule has 2 aromatic carbocycles. The van der Waals surface area contributed by atoms with Crippen LogP contribution in [0.5, 0.6) is 11.5 Å². The Kier molecular flexibility index (Phi) is 5.96. The molecule has 2 rings (SSSR count). The number of rotatable bonds is 7. The minimum atomic E-state index is 0.0216. The van der Waals surface area contributed by atoms with Gasteiger partial charge in [0, 0.05) is 5.02 Å². The maximum absolute atomic E-state index is 5.87. The molecule has 0 saturated heterocycles. The molecule has 0 aliphatic carbocycles. The van der Waals surface area contributed by atoms with E-state index >= 15 is 0 Å². The number of nitrogens with one attached hydrogen (secondary N) is 1. The molecule has 0 radical (unpaired) electrons. The molecule has 0 aliphatic heterocycles. The van der Waals surface area contributed by atoms with E-state index in [0.29, 0.717) is 11.6 Å². The highest BCUT2D eigenvalue weighted by atomic mass is 35.5. The van der Waals surface area contributed by atoms with Gasteiger partial charge in [0.1, 0.15) is 17.6 Å². The number of benzene rings is 2. The van der Waals surface area contributed by atoms with Gasteiger partial charge in [0.05, 0.1) is 18.3 Å². The smallest absolute Gasteiger partial charge is 0.142 e. The molecule has 0 aliphatic rings. The van der Waals surface area contributed by atoms with E-state index in [1.807, 2.05) is 69.3 Å². The van der Waals surface area contributed by atoms with Gasteiger partial charge >= 0.3 is 0 Å². The summed E-state index contributed by atoms with van der Waals surface area (Å²) in [6.07, 6.45) is 0.166. The van der Waals surface area contributed by atoms with Crippen molar-refractivity contribution in [2.24, 2.45) is 0 Å². The second kappa shape index (κ2) is 7.95. The SMILES string of the molecule is CC(C)Oc1ccccc1NCC(C)Oc1ccc(Cl)cc1. The highest BCUT2D eigenvalue weighted by Crippen LogP contribution is 2.25. The average Bonchev–Trinajstić information content (AvgIpc) is 2.48. The van der Waals surface area contributed by atoms with Crippen molar-refractivity contribution in [3.05, 3.63) is 53.6 Å². The van der Waals surface area contributed by atoms with Crippen LogP contribution in [0, 0.1) is 0 Å². The molecule has 22 heavy (non-hydrogen) atoms. The summed E-state index contributed by atoms with van der Waals surface area (Å²) >= 11 is 5.87. The third kappa shape index (κ3) is 5.15. The van der Waals surface area contributed by atoms with Crippen LogP contribution in [0.1, 0.15) is 20.8 Å². The summed E-state index contributed by atoms with van der Waals surface area (Å²) in [7, 11) is 0. The largest absolute Gasteiger partial charge is 0.489 e. The summed E-state index contributed by atoms with van der Waals surface area (Å²) in [6.45, 7) is 6.74. The van der Waals surface area contributed by atoms with Gasteiger partial charge in [0.25, 0.3) is 0 Å². The monoisotopic (exact) mass is 319 g/mol. The molecule has 2 aromatic rings. The molecule has 0 amide bonds. The Bertz CT molecular complexity index is 584. The number of ether oxygens (including phenoxy) is 2. The van der Waals surface area contributed by atoms with E-state index in [2.05, 4.69) is 5.32 Å². The fraction of sp³-hybridized carbons (Fsp3) is 0.333. The first kappa shape index (κ1) is 16.5. The summed E-state index contributed by atoms with van der Waals surface area (Å²) in [5.74, 6) is 1.67. The lowest BCUT2D eigenvalue weighted by Crippen LogP contribution is -2.23. The van der Waals surface area contributed by atoms with Crippen molar-refractivity contribution in [1.29, 1.82) is 0 Å². The molecule has 0 aromatic heterocycles. The van der Waals surface area contributed by atoms with Crippen LogP contribution in [0.25, 0.3) is 0 Å². The first-order valence-electron chi connectivity index (χ1n) is 7.46. The molecule has 0 saturated carbocycles. The zero-order valence-electron chi connectivity index (χ0n) is 13.2. The molecular formula is C18H22ClNO2. The van der Waals surface area contributed by atoms with Gasteiger partial charge in [-0.25, -0.2) is 0 Å². The van der Waals surface area contributed by atoms with Crippen LogP contribution in [-0.4, -0.2) is 18.8 Å². The minimum absolute atomic E-state index is 0.0216. The van der Waals surface area contributed by atoms with E-state index in [1.165, 1.54) is 0 Å². The summed E-state index contributed by atoms with van der Waals surface area (Å²) in [5, 5.41) is 4.08. The Morgan fingerprint density at radius 3 is 2.32 bits per heavy atom. The van der Waals surface area contributed by atoms with Crippen molar-refractivity contribution in [1.82, 2.24) is 0 Å². The Morgan fingerprint density at radius 1 is 0.955 bits per heavy atom. The van der Waals surface area contributed by atoms with Crippen LogP contribution < -0.4 is 14.8 Å². The first-order chi connectivity index (χ1) is 10.5. The Hall–Kier alpha value is -1.87. The van der Waals surface area contributed by atoms with Crippen LogP contribution in [0.3, 0.4) is 0 Å². The predicted octanol–water partition coefficient (Wildman–Crippen LogP) is 5.01. The molecule has 0 spiro atoms. The van der Waals surface area contributed by atoms with Gasteiger partial charge in [0.15, 0.2) is 0 Å². The number of hydrogen-bond acceptors (Lipinski definition) is 3. The summed E-state index contributed by atoms with van der Waals surface area (Å²) in [6, 6.07) is 15.3. The lowest BCUT2D eigenvalue weighted by atomic mass is 10.2. The molecular weight excluding hydrogens is 298 g/mol. The molecule has 1 N–H and O–H groups in total. The van der Waals surface area contributed by atoms with Gasteiger partial charge < -0.3 is 14.8 Å². The molecule has 118 valence electrons. The molecule has 1 unspecified atom stereocenters. The zero-order chi connectivity index (χ0) is 15.9. The topological polar surface area (TPSA) is 30.5 Å². The normalized spacial score (nSPS) is 12.0. The lowest BCUT2D eigenvalue weighted by molar-refractivity contribution is 0.232. The lowest BCUT2D eigenvalue weighted by Gasteiger charge is -2.19. The van der Waals surface area contributed by atoms with E-state index in [9.17, 15) is 0 Å². The third-order valence-corrected chi connectivity index (χ3v) is 3.23. The molecule has 1 atom stereocenters. The maximum atomic E-state index is 5.87. The highest BCUT2D eigenvalue weighted by molar-refractivity contribution is 6.30. The van der Waals surface area contributed by atoms with Crippen molar-refractivity contribution >= 4 is 17.3 Å². The standard InChI is InChI=1S/C18H22ClNO2/c1-13(2)21-18-7-5-4-6-17(18)20-12-14(3)22-16-10-8-15(19)9-11-16/h4-11,13-14,20H,12H2,1-3H3. The average molecular weight is 320 g/mol. The summed E-state index contributed by atoms with van der Waals surface area (Å²) in [5.41, 5.74) is 0.975. The van der Waals surface area contributed by atoms with E-state index in [-0.39, 0.29) is 12.2 Å². The number of para-hydroxylation sites is 2. The fourth-order valence-electron chi connectivity index (χ4n) is 2.01.